The van der Waals surface area contributed by atoms with Gasteiger partial charge in [-0.25, -0.2) is 0 Å². The first-order valence-electron chi connectivity index (χ1n) is 49.3. The Labute approximate surface area is 787 Å². The van der Waals surface area contributed by atoms with Crippen LogP contribution in [-0.2, 0) is 16.2 Å². The molecular formula is C131H105N3. The summed E-state index contributed by atoms with van der Waals surface area (Å²) in [4.78, 5) is 4.80. The van der Waals surface area contributed by atoms with Gasteiger partial charge in [0.1, 0.15) is 0 Å². The molecule has 3 heteroatoms. The van der Waals surface area contributed by atoms with Crippen LogP contribution in [0.3, 0.4) is 0 Å². The maximum absolute atomic E-state index is 2.50. The van der Waals surface area contributed by atoms with Crippen LogP contribution in [0.25, 0.3) is 139 Å². The second-order valence-electron chi connectivity index (χ2n) is 41.0. The predicted octanol–water partition coefficient (Wildman–Crippen LogP) is 34.8. The number of rotatable bonds is 14. The average Bonchev–Trinajstić information content (AvgIpc) is 1.50. The number of nitrogens with zero attached hydrogens (tertiary/aromatic N) is 3. The summed E-state index contributed by atoms with van der Waals surface area (Å²) < 4.78 is 2.39. The molecule has 1 heterocycles. The van der Waals surface area contributed by atoms with E-state index < -0.39 is 0 Å². The van der Waals surface area contributed by atoms with Crippen LogP contribution >= 0.6 is 0 Å². The molecule has 644 valence electrons. The summed E-state index contributed by atoms with van der Waals surface area (Å²) in [7, 11) is 0. The van der Waals surface area contributed by atoms with Crippen LogP contribution in [0.2, 0.25) is 0 Å². The third-order valence-corrected chi connectivity index (χ3v) is 33.9. The lowest BCUT2D eigenvalue weighted by Gasteiger charge is -2.61. The fraction of sp³-hybridized carbons (Fsp3) is 0.176. The second kappa shape index (κ2) is 31.3. The standard InChI is InChI=1S/C67H55N.C64H50N2/c1-66(2)62-20-8-6-17-59(62)61-42-50(28-35-63(61)66)48-26-33-56(34-27-48)68(54-29-22-46(23-30-54)45-12-4-3-5-13-45)55-31-24-47(25-32-55)49-14-10-15-51(41-49)57-18-11-19-60-58-16-7-9-21-64(58)67(65(57)60)52-37-43-36-44(39-52)40-53(67)38-43;1-2-13-44(14-3-1)45-25-29-49(30-26-45)65(51-33-35-52(36-34-51)66-61-23-10-7-18-56(61)57-19-8-11-24-62(57)66)50-31-27-46(28-32-50)53-15-4-5-16-54(53)58-20-12-21-59-55-17-6-9-22-60(55)64(63(58)59)47-38-42-37-43(40-47)41-48(64)39-42/h3-35,41-44,52-53H,36-40H2,1-2H3;1-36,42-43,47-48H,37-41H2. The highest BCUT2D eigenvalue weighted by Crippen LogP contribution is 2.73. The van der Waals surface area contributed by atoms with E-state index in [1.165, 1.54) is 208 Å². The van der Waals surface area contributed by atoms with Gasteiger partial charge in [0.15, 0.2) is 0 Å². The van der Waals surface area contributed by atoms with Crippen molar-refractivity contribution in [3.8, 4) is 117 Å². The molecule has 0 amide bonds. The van der Waals surface area contributed by atoms with Gasteiger partial charge in [-0.2, -0.15) is 0 Å². The second-order valence-corrected chi connectivity index (χ2v) is 41.0. The molecule has 19 aromatic rings. The normalized spacial score (nSPS) is 21.5. The Bertz CT molecular complexity index is 7700. The van der Waals surface area contributed by atoms with Gasteiger partial charge in [-0.05, 0) is 365 Å². The number of hydrogen-bond acceptors (Lipinski definition) is 2. The van der Waals surface area contributed by atoms with Crippen LogP contribution in [0.4, 0.5) is 34.1 Å². The van der Waals surface area contributed by atoms with Gasteiger partial charge in [-0.1, -0.05) is 335 Å². The summed E-state index contributed by atoms with van der Waals surface area (Å²) in [6, 6.07) is 162. The largest absolute Gasteiger partial charge is 0.311 e. The lowest BCUT2D eigenvalue weighted by molar-refractivity contribution is -0.0397. The zero-order chi connectivity index (χ0) is 88.5. The molecular weight excluding hydrogens is 1620 g/mol. The first kappa shape index (κ1) is 79.1. The SMILES string of the molecule is CC1(C)c2ccccc2-c2cc(-c3ccc(N(c4ccc(-c5ccccc5)cc4)c4ccc(-c5cccc(-c6cccc7c6C6(c8ccccc8-7)C7CC8CC(C7)CC6C8)c5)cc4)cc3)ccc21.c1ccc(-c2ccc(N(c3ccc(-c4ccccc4-c4cccc5c4C4(c6ccccc6-5)C5CC6CC(C5)CC4C6)cc3)c3ccc(-n4c5ccccc5c5ccccc54)cc3)cc2)cc1. The van der Waals surface area contributed by atoms with Crippen molar-refractivity contribution in [2.75, 3.05) is 9.80 Å². The van der Waals surface area contributed by atoms with Crippen LogP contribution in [0, 0.1) is 47.3 Å². The molecule has 8 fully saturated rings. The molecule has 0 radical (unpaired) electrons. The van der Waals surface area contributed by atoms with E-state index >= 15 is 0 Å². The predicted molar refractivity (Wildman–Crippen MR) is 559 cm³/mol. The van der Waals surface area contributed by atoms with E-state index in [2.05, 4.69) is 459 Å². The molecule has 8 saturated carbocycles. The van der Waals surface area contributed by atoms with Crippen molar-refractivity contribution in [2.45, 2.75) is 94.3 Å². The summed E-state index contributed by atoms with van der Waals surface area (Å²) in [5, 5.41) is 2.54. The van der Waals surface area contributed by atoms with Gasteiger partial charge in [-0.15, -0.1) is 0 Å². The minimum atomic E-state index is -0.00418. The number of hydrogen-bond donors (Lipinski definition) is 0. The Morgan fingerprint density at radius 1 is 0.201 bits per heavy atom. The monoisotopic (exact) mass is 1720 g/mol. The van der Waals surface area contributed by atoms with Crippen molar-refractivity contribution in [1.29, 1.82) is 0 Å². The molecule has 0 aliphatic heterocycles. The highest BCUT2D eigenvalue weighted by molar-refractivity contribution is 6.09. The molecule has 3 nitrogen and oxygen atoms in total. The van der Waals surface area contributed by atoms with Crippen molar-refractivity contribution < 1.29 is 0 Å². The van der Waals surface area contributed by atoms with E-state index in [0.29, 0.717) is 11.8 Å². The van der Waals surface area contributed by atoms with Gasteiger partial charge in [0.2, 0.25) is 0 Å². The Balaban J connectivity index is 0.000000137. The van der Waals surface area contributed by atoms with E-state index in [1.54, 1.807) is 22.3 Å². The molecule has 18 aromatic carbocycles. The third kappa shape index (κ3) is 12.4. The quantitative estimate of drug-likeness (QED) is 0.107. The Morgan fingerprint density at radius 2 is 0.493 bits per heavy atom. The fourth-order valence-electron chi connectivity index (χ4n) is 28.7. The number of para-hydroxylation sites is 2. The molecule has 0 saturated heterocycles. The molecule has 30 rings (SSSR count). The van der Waals surface area contributed by atoms with Crippen LogP contribution < -0.4 is 9.80 Å². The summed E-state index contributed by atoms with van der Waals surface area (Å²) >= 11 is 0. The van der Waals surface area contributed by atoms with Crippen LogP contribution in [-0.4, -0.2) is 4.57 Å². The smallest absolute Gasteiger partial charge is 0.0541 e. The summed E-state index contributed by atoms with van der Waals surface area (Å²) in [6.45, 7) is 4.70. The highest BCUT2D eigenvalue weighted by Gasteiger charge is 2.64. The summed E-state index contributed by atoms with van der Waals surface area (Å²) in [5.74, 6) is 6.55. The topological polar surface area (TPSA) is 11.4 Å². The lowest BCUT2D eigenvalue weighted by atomic mass is 9.42. The maximum atomic E-state index is 2.50. The van der Waals surface area contributed by atoms with Crippen molar-refractivity contribution in [3.05, 3.63) is 464 Å². The molecule has 11 aliphatic rings. The van der Waals surface area contributed by atoms with Crippen molar-refractivity contribution in [2.24, 2.45) is 47.3 Å². The zero-order valence-corrected chi connectivity index (χ0v) is 76.0. The van der Waals surface area contributed by atoms with Crippen molar-refractivity contribution in [3.63, 3.8) is 0 Å². The zero-order valence-electron chi connectivity index (χ0n) is 76.0. The van der Waals surface area contributed by atoms with E-state index in [9.17, 15) is 0 Å². The fourth-order valence-corrected chi connectivity index (χ4v) is 28.7. The highest BCUT2D eigenvalue weighted by atomic mass is 15.1. The number of fused-ring (bicyclic) bond motifs is 12. The summed E-state index contributed by atoms with van der Waals surface area (Å²) in [5.41, 5.74) is 46.3. The molecule has 2 spiro atoms. The summed E-state index contributed by atoms with van der Waals surface area (Å²) in [6.07, 6.45) is 14.0. The van der Waals surface area contributed by atoms with E-state index in [0.717, 1.165) is 75.3 Å². The van der Waals surface area contributed by atoms with E-state index in [-0.39, 0.29) is 16.2 Å². The number of benzene rings is 18. The van der Waals surface area contributed by atoms with Crippen molar-refractivity contribution in [1.82, 2.24) is 4.57 Å². The van der Waals surface area contributed by atoms with Crippen LogP contribution in [0.5, 0.6) is 0 Å². The van der Waals surface area contributed by atoms with Gasteiger partial charge < -0.3 is 14.4 Å². The first-order chi connectivity index (χ1) is 66.1. The Morgan fingerprint density at radius 3 is 0.948 bits per heavy atom. The third-order valence-electron chi connectivity index (χ3n) is 33.9. The van der Waals surface area contributed by atoms with Gasteiger partial charge in [-0.3, -0.25) is 0 Å². The molecule has 0 atom stereocenters. The Hall–Kier alpha value is -14.6. The molecule has 8 bridgehead atoms. The first-order valence-corrected chi connectivity index (χ1v) is 49.3. The minimum Gasteiger partial charge on any atom is -0.311 e. The van der Waals surface area contributed by atoms with Gasteiger partial charge in [0.25, 0.3) is 0 Å². The van der Waals surface area contributed by atoms with E-state index in [4.69, 9.17) is 0 Å². The molecule has 1 aromatic heterocycles. The van der Waals surface area contributed by atoms with Crippen LogP contribution in [0.1, 0.15) is 111 Å². The van der Waals surface area contributed by atoms with E-state index in [1.807, 2.05) is 0 Å². The average molecular weight is 1720 g/mol. The minimum absolute atomic E-state index is 0.00418. The lowest BCUT2D eigenvalue weighted by Crippen LogP contribution is -2.55. The molecule has 134 heavy (non-hydrogen) atoms. The van der Waals surface area contributed by atoms with Crippen LogP contribution in [0.15, 0.2) is 431 Å². The number of aromatic nitrogens is 1. The van der Waals surface area contributed by atoms with Gasteiger partial charge >= 0.3 is 0 Å². The van der Waals surface area contributed by atoms with Gasteiger partial charge in [0.05, 0.1) is 11.0 Å². The Kier molecular flexibility index (Phi) is 18.5. The van der Waals surface area contributed by atoms with Crippen molar-refractivity contribution >= 4 is 55.9 Å². The number of anilines is 6. The maximum Gasteiger partial charge on any atom is 0.0541 e. The van der Waals surface area contributed by atoms with Gasteiger partial charge in [0, 0.05) is 66.8 Å². The molecule has 0 N–H and O–H groups in total. The molecule has 11 aliphatic carbocycles. The molecule has 0 unspecified atom stereocenters.